The maximum atomic E-state index is 13.2. The largest absolute Gasteiger partial charge is 0.493 e. The molecule has 0 radical (unpaired) electrons. The zero-order valence-corrected chi connectivity index (χ0v) is 24.3. The van der Waals surface area contributed by atoms with Gasteiger partial charge in [-0.05, 0) is 44.4 Å². The molecule has 10 nitrogen and oxygen atoms in total. The van der Waals surface area contributed by atoms with Gasteiger partial charge in [0.15, 0.2) is 17.2 Å². The lowest BCUT2D eigenvalue weighted by Crippen LogP contribution is -2.44. The summed E-state index contributed by atoms with van der Waals surface area (Å²) in [5.41, 5.74) is -0.182. The van der Waals surface area contributed by atoms with Crippen LogP contribution in [0.3, 0.4) is 0 Å². The van der Waals surface area contributed by atoms with Crippen molar-refractivity contribution in [2.45, 2.75) is 97.1 Å². The van der Waals surface area contributed by atoms with Gasteiger partial charge >= 0.3 is 18.1 Å². The molecule has 41 heavy (non-hydrogen) atoms. The lowest BCUT2D eigenvalue weighted by molar-refractivity contribution is -0.162. The Balaban J connectivity index is 2.18. The third-order valence-corrected chi connectivity index (χ3v) is 6.69. The van der Waals surface area contributed by atoms with Crippen LogP contribution in [0.4, 0.5) is 13.2 Å². The second-order valence-electron chi connectivity index (χ2n) is 10.5. The van der Waals surface area contributed by atoms with Crippen molar-refractivity contribution in [2.24, 2.45) is 11.8 Å². The SMILES string of the molecule is COc1ccnc(C(=O)NC2CCC[C@H](CCC(C)C)[C@@H](OCCCC(F)(F)F)[C@H](C)OC2=O)c1OCOC(C)=O. The number of carbonyl (C=O) groups excluding carboxylic acids is 3. The van der Waals surface area contributed by atoms with E-state index in [4.69, 9.17) is 23.7 Å². The van der Waals surface area contributed by atoms with Crippen molar-refractivity contribution < 1.29 is 51.2 Å². The van der Waals surface area contributed by atoms with E-state index in [0.29, 0.717) is 18.8 Å². The molecule has 1 aromatic rings. The first-order chi connectivity index (χ1) is 19.3. The molecule has 0 aliphatic carbocycles. The van der Waals surface area contributed by atoms with Crippen molar-refractivity contribution in [2.75, 3.05) is 20.5 Å². The molecule has 232 valence electrons. The van der Waals surface area contributed by atoms with Crippen molar-refractivity contribution in [1.29, 1.82) is 0 Å². The molecule has 1 amide bonds. The summed E-state index contributed by atoms with van der Waals surface area (Å²) in [6.45, 7) is 6.43. The quantitative estimate of drug-likeness (QED) is 0.192. The van der Waals surface area contributed by atoms with Crippen molar-refractivity contribution in [3.05, 3.63) is 18.0 Å². The van der Waals surface area contributed by atoms with Crippen molar-refractivity contribution >= 4 is 17.8 Å². The van der Waals surface area contributed by atoms with E-state index in [1.54, 1.807) is 6.92 Å². The number of hydrogen-bond acceptors (Lipinski definition) is 9. The normalized spacial score (nSPS) is 21.7. The molecule has 2 heterocycles. The van der Waals surface area contributed by atoms with Crippen LogP contribution in [0.25, 0.3) is 0 Å². The number of ether oxygens (including phenoxy) is 5. The number of hydrogen-bond donors (Lipinski definition) is 1. The van der Waals surface area contributed by atoms with Gasteiger partial charge in [-0.15, -0.1) is 0 Å². The average Bonchev–Trinajstić information content (AvgIpc) is 2.93. The number of halogens is 3. The smallest absolute Gasteiger partial charge is 0.389 e. The van der Waals surface area contributed by atoms with Gasteiger partial charge < -0.3 is 29.0 Å². The van der Waals surface area contributed by atoms with Crippen LogP contribution in [-0.4, -0.2) is 67.8 Å². The Kier molecular flexibility index (Phi) is 13.6. The third kappa shape index (κ3) is 11.7. The average molecular weight is 591 g/mol. The molecule has 4 atom stereocenters. The van der Waals surface area contributed by atoms with Gasteiger partial charge in [-0.1, -0.05) is 26.7 Å². The minimum absolute atomic E-state index is 0.0399. The van der Waals surface area contributed by atoms with Gasteiger partial charge in [-0.25, -0.2) is 9.78 Å². The summed E-state index contributed by atoms with van der Waals surface area (Å²) < 4.78 is 65.0. The lowest BCUT2D eigenvalue weighted by Gasteiger charge is -2.31. The van der Waals surface area contributed by atoms with Gasteiger partial charge in [0, 0.05) is 32.2 Å². The molecular weight excluding hydrogens is 549 g/mol. The highest BCUT2D eigenvalue weighted by atomic mass is 19.4. The number of nitrogens with zero attached hydrogens (tertiary/aromatic N) is 1. The number of nitrogens with one attached hydrogen (secondary N) is 1. The fourth-order valence-electron chi connectivity index (χ4n) is 4.62. The zero-order valence-electron chi connectivity index (χ0n) is 24.3. The van der Waals surface area contributed by atoms with E-state index < -0.39 is 55.5 Å². The summed E-state index contributed by atoms with van der Waals surface area (Å²) >= 11 is 0. The van der Waals surface area contributed by atoms with Crippen LogP contribution in [0.1, 0.15) is 83.1 Å². The maximum Gasteiger partial charge on any atom is 0.389 e. The van der Waals surface area contributed by atoms with Crippen molar-refractivity contribution in [1.82, 2.24) is 10.3 Å². The van der Waals surface area contributed by atoms with Gasteiger partial charge in [0.25, 0.3) is 5.91 Å². The number of alkyl halides is 3. The Morgan fingerprint density at radius 2 is 1.98 bits per heavy atom. The predicted molar refractivity (Wildman–Crippen MR) is 141 cm³/mol. The Bertz CT molecular complexity index is 1010. The molecule has 1 aliphatic heterocycles. The summed E-state index contributed by atoms with van der Waals surface area (Å²) in [6.07, 6.45) is -2.33. The van der Waals surface area contributed by atoms with Crippen molar-refractivity contribution in [3.8, 4) is 11.5 Å². The topological polar surface area (TPSA) is 122 Å². The first-order valence-corrected chi connectivity index (χ1v) is 13.8. The lowest BCUT2D eigenvalue weighted by atomic mass is 9.86. The van der Waals surface area contributed by atoms with Gasteiger partial charge in [0.2, 0.25) is 6.79 Å². The fourth-order valence-corrected chi connectivity index (χ4v) is 4.62. The van der Waals surface area contributed by atoms with E-state index in [-0.39, 0.29) is 42.6 Å². The number of methoxy groups -OCH3 is 1. The minimum Gasteiger partial charge on any atom is -0.493 e. The Hall–Kier alpha value is -3.09. The van der Waals surface area contributed by atoms with Crippen LogP contribution < -0.4 is 14.8 Å². The maximum absolute atomic E-state index is 13.2. The Labute approximate surface area is 238 Å². The number of esters is 2. The summed E-state index contributed by atoms with van der Waals surface area (Å²) in [4.78, 5) is 41.6. The highest BCUT2D eigenvalue weighted by Crippen LogP contribution is 2.32. The van der Waals surface area contributed by atoms with Crippen LogP contribution in [0.5, 0.6) is 11.5 Å². The molecule has 1 unspecified atom stereocenters. The molecule has 1 aromatic heterocycles. The first-order valence-electron chi connectivity index (χ1n) is 13.8. The second-order valence-corrected chi connectivity index (χ2v) is 10.5. The number of cyclic esters (lactones) is 1. The number of rotatable bonds is 13. The summed E-state index contributed by atoms with van der Waals surface area (Å²) in [7, 11) is 1.37. The highest BCUT2D eigenvalue weighted by molar-refractivity contribution is 5.98. The Morgan fingerprint density at radius 3 is 2.61 bits per heavy atom. The number of pyridine rings is 1. The summed E-state index contributed by atoms with van der Waals surface area (Å²) in [5, 5.41) is 2.66. The van der Waals surface area contributed by atoms with Crippen LogP contribution >= 0.6 is 0 Å². The molecule has 1 N–H and O–H groups in total. The standard InChI is InChI=1S/C28H41F3N2O8/c1-17(2)10-11-20-8-6-9-21(27(36)41-18(3)24(20)38-15-7-13-28(29,30)31)33-26(35)23-25(40-16-39-19(4)34)22(37-5)12-14-32-23/h12,14,17-18,20-21,24H,6-11,13,15-16H2,1-5H3,(H,33,35)/t18-,20+,21?,24-/m0/s1. The van der Waals surface area contributed by atoms with E-state index in [1.807, 2.05) is 0 Å². The molecule has 2 rings (SSSR count). The molecule has 0 aromatic carbocycles. The van der Waals surface area contributed by atoms with Gasteiger partial charge in [-0.3, -0.25) is 9.59 Å². The summed E-state index contributed by atoms with van der Waals surface area (Å²) in [5.74, 6) is -1.54. The van der Waals surface area contributed by atoms with Crippen LogP contribution in [0, 0.1) is 11.8 Å². The minimum atomic E-state index is -4.27. The number of aromatic nitrogens is 1. The van der Waals surface area contributed by atoms with Crippen LogP contribution in [-0.2, 0) is 23.8 Å². The van der Waals surface area contributed by atoms with Gasteiger partial charge in [0.1, 0.15) is 12.1 Å². The fraction of sp³-hybridized carbons (Fsp3) is 0.714. The number of amides is 1. The van der Waals surface area contributed by atoms with E-state index >= 15 is 0 Å². The predicted octanol–water partition coefficient (Wildman–Crippen LogP) is 4.98. The van der Waals surface area contributed by atoms with Crippen LogP contribution in [0.2, 0.25) is 0 Å². The van der Waals surface area contributed by atoms with Gasteiger partial charge in [-0.2, -0.15) is 13.2 Å². The van der Waals surface area contributed by atoms with E-state index in [0.717, 1.165) is 12.8 Å². The molecule has 13 heteroatoms. The molecule has 0 spiro atoms. The van der Waals surface area contributed by atoms with E-state index in [1.165, 1.54) is 26.3 Å². The summed E-state index contributed by atoms with van der Waals surface area (Å²) in [6, 6.07) is 0.441. The molecule has 0 bridgehead atoms. The Morgan fingerprint density at radius 1 is 1.24 bits per heavy atom. The van der Waals surface area contributed by atoms with Gasteiger partial charge in [0.05, 0.1) is 13.2 Å². The zero-order chi connectivity index (χ0) is 30.6. The third-order valence-electron chi connectivity index (χ3n) is 6.69. The van der Waals surface area contributed by atoms with E-state index in [2.05, 4.69) is 24.1 Å². The molecule has 1 fully saturated rings. The van der Waals surface area contributed by atoms with Crippen molar-refractivity contribution in [3.63, 3.8) is 0 Å². The molecule has 0 saturated carbocycles. The van der Waals surface area contributed by atoms with E-state index in [9.17, 15) is 27.6 Å². The highest BCUT2D eigenvalue weighted by Gasteiger charge is 2.36. The molecule has 1 aliphatic rings. The molecule has 1 saturated heterocycles. The monoisotopic (exact) mass is 590 g/mol. The van der Waals surface area contributed by atoms with Crippen LogP contribution in [0.15, 0.2) is 12.3 Å². The first kappa shape index (κ1) is 34.1. The second kappa shape index (κ2) is 16.4. The number of carbonyl (C=O) groups is 3. The molecular formula is C28H41F3N2O8.